The molecule has 0 atom stereocenters. The van der Waals surface area contributed by atoms with Crippen LogP contribution in [0.2, 0.25) is 0 Å². The van der Waals surface area contributed by atoms with Gasteiger partial charge in [-0.05, 0) is 18.6 Å². The van der Waals surface area contributed by atoms with E-state index in [9.17, 15) is 0 Å². The Morgan fingerprint density at radius 1 is 1.43 bits per heavy atom. The Morgan fingerprint density at radius 3 is 2.71 bits per heavy atom. The van der Waals surface area contributed by atoms with Crippen LogP contribution in [0.1, 0.15) is 35.8 Å². The zero-order valence-electron chi connectivity index (χ0n) is 8.75. The summed E-state index contributed by atoms with van der Waals surface area (Å²) in [6, 6.07) is 0. The molecule has 80 valence electrons. The number of thiazole rings is 1. The Balaban J connectivity index is 2.55. The van der Waals surface area contributed by atoms with Crippen molar-refractivity contribution in [3.05, 3.63) is 15.6 Å². The monoisotopic (exact) mass is 247 g/mol. The number of rotatable bonds is 6. The number of nitrogens with zero attached hydrogens (tertiary/aromatic N) is 1. The van der Waals surface area contributed by atoms with Gasteiger partial charge in [0.25, 0.3) is 0 Å². The van der Waals surface area contributed by atoms with E-state index in [1.165, 1.54) is 27.8 Å². The summed E-state index contributed by atoms with van der Waals surface area (Å²) in [7, 11) is 0. The normalized spacial score (nSPS) is 10.8. The molecule has 1 heterocycles. The maximum Gasteiger partial charge on any atom is 0.103 e. The van der Waals surface area contributed by atoms with Crippen molar-refractivity contribution in [2.24, 2.45) is 0 Å². The van der Waals surface area contributed by atoms with E-state index in [0.717, 1.165) is 17.9 Å². The van der Waals surface area contributed by atoms with Crippen molar-refractivity contribution < 1.29 is 0 Å². The second-order valence-electron chi connectivity index (χ2n) is 3.04. The molecule has 0 saturated carbocycles. The molecule has 0 aliphatic carbocycles. The Bertz CT molecular complexity index is 249. The van der Waals surface area contributed by atoms with Crippen LogP contribution in [0.5, 0.6) is 0 Å². The van der Waals surface area contributed by atoms with Gasteiger partial charge < -0.3 is 0 Å². The van der Waals surface area contributed by atoms with Crippen LogP contribution in [0, 0.1) is 0 Å². The molecule has 0 fully saturated rings. The minimum Gasteiger partial charge on any atom is -0.245 e. The molecule has 0 aliphatic rings. The van der Waals surface area contributed by atoms with E-state index in [1.54, 1.807) is 0 Å². The molecule has 1 nitrogen and oxygen atoms in total. The largest absolute Gasteiger partial charge is 0.245 e. The van der Waals surface area contributed by atoms with Gasteiger partial charge in [0.15, 0.2) is 0 Å². The molecule has 1 rings (SSSR count). The Kier molecular flexibility index (Phi) is 5.98. The SMILES string of the molecule is CCCSCc1nc(CC)c(CS)s1. The molecule has 1 aromatic rings. The molecule has 0 aliphatic heterocycles. The molecule has 0 aromatic carbocycles. The van der Waals surface area contributed by atoms with Crippen LogP contribution in [-0.4, -0.2) is 10.7 Å². The first-order valence-electron chi connectivity index (χ1n) is 4.97. The van der Waals surface area contributed by atoms with Gasteiger partial charge in [0, 0.05) is 16.4 Å². The number of hydrogen-bond acceptors (Lipinski definition) is 4. The fourth-order valence-corrected chi connectivity index (χ4v) is 3.55. The molecule has 0 amide bonds. The lowest BCUT2D eigenvalue weighted by atomic mass is 10.3. The van der Waals surface area contributed by atoms with Crippen molar-refractivity contribution >= 4 is 35.7 Å². The first-order chi connectivity index (χ1) is 6.81. The van der Waals surface area contributed by atoms with Crippen LogP contribution >= 0.6 is 35.7 Å². The van der Waals surface area contributed by atoms with E-state index in [4.69, 9.17) is 0 Å². The number of hydrogen-bond donors (Lipinski definition) is 1. The Hall–Kier alpha value is 0.330. The van der Waals surface area contributed by atoms with Crippen LogP contribution in [0.4, 0.5) is 0 Å². The van der Waals surface area contributed by atoms with Gasteiger partial charge in [-0.15, -0.1) is 11.3 Å². The molecule has 4 heteroatoms. The fourth-order valence-electron chi connectivity index (χ4n) is 1.20. The second kappa shape index (κ2) is 6.75. The maximum atomic E-state index is 4.62. The first kappa shape index (κ1) is 12.4. The average Bonchev–Trinajstić information content (AvgIpc) is 2.61. The summed E-state index contributed by atoms with van der Waals surface area (Å²) in [5.41, 5.74) is 1.25. The smallest absolute Gasteiger partial charge is 0.103 e. The van der Waals surface area contributed by atoms with E-state index in [0.29, 0.717) is 0 Å². The molecule has 0 unspecified atom stereocenters. The Morgan fingerprint density at radius 2 is 2.21 bits per heavy atom. The highest BCUT2D eigenvalue weighted by molar-refractivity contribution is 7.98. The zero-order chi connectivity index (χ0) is 10.4. The lowest BCUT2D eigenvalue weighted by molar-refractivity contribution is 1.02. The van der Waals surface area contributed by atoms with Gasteiger partial charge in [-0.2, -0.15) is 24.4 Å². The number of thioether (sulfide) groups is 1. The van der Waals surface area contributed by atoms with Crippen molar-refractivity contribution in [2.45, 2.75) is 38.2 Å². The second-order valence-corrected chi connectivity index (χ2v) is 5.63. The third-order valence-corrected chi connectivity index (χ3v) is 4.86. The summed E-state index contributed by atoms with van der Waals surface area (Å²) in [6.07, 6.45) is 2.28. The lowest BCUT2D eigenvalue weighted by Gasteiger charge is -1.93. The molecule has 1 aromatic heterocycles. The minimum atomic E-state index is 0.833. The van der Waals surface area contributed by atoms with Crippen molar-refractivity contribution in [1.29, 1.82) is 0 Å². The molecular formula is C10H17NS3. The number of aryl methyl sites for hydroxylation is 1. The summed E-state index contributed by atoms with van der Waals surface area (Å²) in [5, 5.41) is 1.27. The van der Waals surface area contributed by atoms with Crippen LogP contribution in [0.25, 0.3) is 0 Å². The summed E-state index contributed by atoms with van der Waals surface area (Å²) < 4.78 is 0. The van der Waals surface area contributed by atoms with E-state index < -0.39 is 0 Å². The van der Waals surface area contributed by atoms with E-state index in [2.05, 4.69) is 31.5 Å². The van der Waals surface area contributed by atoms with Gasteiger partial charge in [-0.3, -0.25) is 0 Å². The first-order valence-corrected chi connectivity index (χ1v) is 7.58. The highest BCUT2D eigenvalue weighted by Gasteiger charge is 2.07. The van der Waals surface area contributed by atoms with Crippen molar-refractivity contribution in [1.82, 2.24) is 4.98 Å². The summed E-state index contributed by atoms with van der Waals surface area (Å²) in [5.74, 6) is 3.13. The summed E-state index contributed by atoms with van der Waals surface area (Å²) in [4.78, 5) is 5.97. The van der Waals surface area contributed by atoms with Crippen LogP contribution < -0.4 is 0 Å². The van der Waals surface area contributed by atoms with E-state index in [-0.39, 0.29) is 0 Å². The van der Waals surface area contributed by atoms with Gasteiger partial charge in [-0.1, -0.05) is 13.8 Å². The summed E-state index contributed by atoms with van der Waals surface area (Å²) >= 11 is 8.12. The maximum absolute atomic E-state index is 4.62. The van der Waals surface area contributed by atoms with E-state index >= 15 is 0 Å². The van der Waals surface area contributed by atoms with Gasteiger partial charge in [0.1, 0.15) is 5.01 Å². The minimum absolute atomic E-state index is 0.833. The number of thiol groups is 1. The Labute approximate surface area is 100 Å². The zero-order valence-corrected chi connectivity index (χ0v) is 11.3. The third-order valence-electron chi connectivity index (χ3n) is 1.88. The molecule has 0 saturated heterocycles. The van der Waals surface area contributed by atoms with Gasteiger partial charge in [-0.25, -0.2) is 4.98 Å². The van der Waals surface area contributed by atoms with Crippen LogP contribution in [0.3, 0.4) is 0 Å². The van der Waals surface area contributed by atoms with E-state index in [1.807, 2.05) is 23.1 Å². The standard InChI is InChI=1S/C10H17NS3/c1-3-5-13-7-10-11-8(4-2)9(6-12)14-10/h12H,3-7H2,1-2H3. The summed E-state index contributed by atoms with van der Waals surface area (Å²) in [6.45, 7) is 4.37. The lowest BCUT2D eigenvalue weighted by Crippen LogP contribution is -1.86. The van der Waals surface area contributed by atoms with Gasteiger partial charge in [0.05, 0.1) is 5.69 Å². The van der Waals surface area contributed by atoms with Crippen molar-refractivity contribution in [3.8, 4) is 0 Å². The highest BCUT2D eigenvalue weighted by atomic mass is 32.2. The molecule has 0 radical (unpaired) electrons. The average molecular weight is 247 g/mol. The van der Waals surface area contributed by atoms with Gasteiger partial charge in [0.2, 0.25) is 0 Å². The molecule has 14 heavy (non-hydrogen) atoms. The molecule has 0 bridgehead atoms. The third kappa shape index (κ3) is 3.48. The molecule has 0 spiro atoms. The molecule has 0 N–H and O–H groups in total. The van der Waals surface area contributed by atoms with Crippen molar-refractivity contribution in [2.75, 3.05) is 5.75 Å². The van der Waals surface area contributed by atoms with Crippen LogP contribution in [-0.2, 0) is 17.9 Å². The quantitative estimate of drug-likeness (QED) is 0.607. The topological polar surface area (TPSA) is 12.9 Å². The number of aromatic nitrogens is 1. The highest BCUT2D eigenvalue weighted by Crippen LogP contribution is 2.24. The predicted octanol–water partition coefficient (Wildman–Crippen LogP) is 3.78. The fraction of sp³-hybridized carbons (Fsp3) is 0.700. The predicted molar refractivity (Wildman–Crippen MR) is 70.6 cm³/mol. The van der Waals surface area contributed by atoms with Crippen molar-refractivity contribution in [3.63, 3.8) is 0 Å². The van der Waals surface area contributed by atoms with Gasteiger partial charge >= 0.3 is 0 Å². The molecular weight excluding hydrogens is 230 g/mol. The van der Waals surface area contributed by atoms with Crippen LogP contribution in [0.15, 0.2) is 0 Å².